The molecule has 0 radical (unpaired) electrons. The zero-order valence-electron chi connectivity index (χ0n) is 12.2. The molecule has 21 heavy (non-hydrogen) atoms. The predicted molar refractivity (Wildman–Crippen MR) is 79.3 cm³/mol. The summed E-state index contributed by atoms with van der Waals surface area (Å²) < 4.78 is 7.00. The largest absolute Gasteiger partial charge is 0.361 e. The molecule has 6 heteroatoms. The van der Waals surface area contributed by atoms with Crippen molar-refractivity contribution in [1.82, 2.24) is 14.7 Å². The number of amides is 1. The highest BCUT2D eigenvalue weighted by Gasteiger charge is 2.20. The maximum atomic E-state index is 12.4. The molecule has 0 spiro atoms. The monoisotopic (exact) mass is 284 g/mol. The Kier molecular flexibility index (Phi) is 3.21. The number of nitrogens with zero attached hydrogens (tertiary/aromatic N) is 3. The Bertz CT molecular complexity index is 797. The van der Waals surface area contributed by atoms with Gasteiger partial charge in [-0.05, 0) is 32.9 Å². The molecule has 3 rings (SSSR count). The number of benzene rings is 1. The quantitative estimate of drug-likeness (QED) is 0.802. The van der Waals surface area contributed by atoms with Crippen LogP contribution in [0.4, 0.5) is 5.95 Å². The van der Waals surface area contributed by atoms with Crippen molar-refractivity contribution in [1.29, 1.82) is 0 Å². The minimum absolute atomic E-state index is 0.253. The molecule has 3 aromatic rings. The Morgan fingerprint density at radius 1 is 1.33 bits per heavy atom. The Morgan fingerprint density at radius 3 is 2.76 bits per heavy atom. The van der Waals surface area contributed by atoms with Gasteiger partial charge in [0.2, 0.25) is 5.95 Å². The lowest BCUT2D eigenvalue weighted by Gasteiger charge is -2.07. The number of imidazole rings is 1. The number of fused-ring (bicyclic) bond motifs is 1. The number of carbonyl (C=O) groups is 1. The van der Waals surface area contributed by atoms with Crippen molar-refractivity contribution in [2.24, 2.45) is 0 Å². The van der Waals surface area contributed by atoms with E-state index in [1.165, 1.54) is 0 Å². The lowest BCUT2D eigenvalue weighted by Crippen LogP contribution is -2.17. The van der Waals surface area contributed by atoms with E-state index in [2.05, 4.69) is 15.5 Å². The maximum Gasteiger partial charge on any atom is 0.263 e. The second kappa shape index (κ2) is 5.05. The van der Waals surface area contributed by atoms with Crippen molar-refractivity contribution < 1.29 is 9.32 Å². The molecule has 108 valence electrons. The van der Waals surface area contributed by atoms with Crippen molar-refractivity contribution in [2.45, 2.75) is 27.3 Å². The predicted octanol–water partition coefficient (Wildman–Crippen LogP) is 2.91. The molecule has 0 saturated carbocycles. The highest BCUT2D eigenvalue weighted by atomic mass is 16.5. The normalized spacial score (nSPS) is 11.0. The molecule has 0 aliphatic heterocycles. The highest BCUT2D eigenvalue weighted by Crippen LogP contribution is 2.21. The number of aromatic nitrogens is 3. The number of para-hydroxylation sites is 2. The van der Waals surface area contributed by atoms with E-state index in [4.69, 9.17) is 4.52 Å². The summed E-state index contributed by atoms with van der Waals surface area (Å²) in [5.74, 6) is 0.782. The third-order valence-corrected chi connectivity index (χ3v) is 3.46. The number of carbonyl (C=O) groups excluding carboxylic acids is 1. The third kappa shape index (κ3) is 2.18. The molecule has 0 saturated heterocycles. The summed E-state index contributed by atoms with van der Waals surface area (Å²) in [5, 5.41) is 6.65. The zero-order valence-corrected chi connectivity index (χ0v) is 12.2. The first-order valence-corrected chi connectivity index (χ1v) is 6.81. The van der Waals surface area contributed by atoms with Crippen LogP contribution >= 0.6 is 0 Å². The van der Waals surface area contributed by atoms with E-state index in [1.54, 1.807) is 13.8 Å². The summed E-state index contributed by atoms with van der Waals surface area (Å²) in [6, 6.07) is 7.79. The van der Waals surface area contributed by atoms with Crippen molar-refractivity contribution in [3.8, 4) is 0 Å². The van der Waals surface area contributed by atoms with Crippen molar-refractivity contribution >= 4 is 22.9 Å². The smallest absolute Gasteiger partial charge is 0.263 e. The van der Waals surface area contributed by atoms with E-state index in [9.17, 15) is 4.79 Å². The maximum absolute atomic E-state index is 12.4. The van der Waals surface area contributed by atoms with Crippen LogP contribution in [0.1, 0.15) is 28.7 Å². The molecule has 0 atom stereocenters. The summed E-state index contributed by atoms with van der Waals surface area (Å²) in [7, 11) is 0. The Hall–Kier alpha value is -2.63. The van der Waals surface area contributed by atoms with Crippen LogP contribution in [0.2, 0.25) is 0 Å². The molecule has 2 heterocycles. The molecule has 0 fully saturated rings. The lowest BCUT2D eigenvalue weighted by molar-refractivity contribution is 0.102. The molecular formula is C15H16N4O2. The zero-order chi connectivity index (χ0) is 15.0. The molecule has 1 amide bonds. The van der Waals surface area contributed by atoms with Crippen LogP contribution in [0.15, 0.2) is 28.8 Å². The first kappa shape index (κ1) is 13.4. The number of rotatable bonds is 3. The van der Waals surface area contributed by atoms with E-state index in [0.717, 1.165) is 17.6 Å². The van der Waals surface area contributed by atoms with Gasteiger partial charge in [-0.3, -0.25) is 10.1 Å². The van der Waals surface area contributed by atoms with Gasteiger partial charge >= 0.3 is 0 Å². The summed E-state index contributed by atoms with van der Waals surface area (Å²) in [4.78, 5) is 16.9. The third-order valence-electron chi connectivity index (χ3n) is 3.46. The van der Waals surface area contributed by atoms with E-state index in [0.29, 0.717) is 23.0 Å². The van der Waals surface area contributed by atoms with Crippen LogP contribution in [0, 0.1) is 13.8 Å². The van der Waals surface area contributed by atoms with Crippen molar-refractivity contribution in [2.75, 3.05) is 5.32 Å². The second-order valence-corrected chi connectivity index (χ2v) is 4.82. The van der Waals surface area contributed by atoms with Gasteiger partial charge in [0.25, 0.3) is 5.91 Å². The molecule has 0 aliphatic rings. The number of nitrogens with one attached hydrogen (secondary N) is 1. The first-order chi connectivity index (χ1) is 10.1. The average Bonchev–Trinajstić information content (AvgIpc) is 2.98. The van der Waals surface area contributed by atoms with Gasteiger partial charge in [-0.1, -0.05) is 17.3 Å². The number of hydrogen-bond donors (Lipinski definition) is 1. The summed E-state index contributed by atoms with van der Waals surface area (Å²) in [5.41, 5.74) is 2.89. The molecule has 1 N–H and O–H groups in total. The van der Waals surface area contributed by atoms with Crippen LogP contribution in [-0.4, -0.2) is 20.6 Å². The van der Waals surface area contributed by atoms with Gasteiger partial charge in [-0.2, -0.15) is 0 Å². The SMILES string of the molecule is CCn1c(NC(=O)c2c(C)noc2C)nc2ccccc21. The molecule has 0 unspecified atom stereocenters. The lowest BCUT2D eigenvalue weighted by atomic mass is 10.2. The van der Waals surface area contributed by atoms with E-state index in [1.807, 2.05) is 35.8 Å². The molecule has 0 bridgehead atoms. The molecule has 2 aromatic heterocycles. The number of anilines is 1. The van der Waals surface area contributed by atoms with Gasteiger partial charge in [-0.25, -0.2) is 4.98 Å². The summed E-state index contributed by atoms with van der Waals surface area (Å²) >= 11 is 0. The van der Waals surface area contributed by atoms with Gasteiger partial charge in [0.15, 0.2) is 0 Å². The molecular weight excluding hydrogens is 268 g/mol. The summed E-state index contributed by atoms with van der Waals surface area (Å²) in [6.07, 6.45) is 0. The van der Waals surface area contributed by atoms with Crippen LogP contribution in [0.5, 0.6) is 0 Å². The number of aryl methyl sites for hydroxylation is 3. The van der Waals surface area contributed by atoms with Gasteiger partial charge in [0.1, 0.15) is 11.3 Å². The van der Waals surface area contributed by atoms with Crippen molar-refractivity contribution in [3.63, 3.8) is 0 Å². The van der Waals surface area contributed by atoms with Gasteiger partial charge in [0, 0.05) is 6.54 Å². The van der Waals surface area contributed by atoms with E-state index < -0.39 is 0 Å². The van der Waals surface area contributed by atoms with Crippen LogP contribution in [0.25, 0.3) is 11.0 Å². The van der Waals surface area contributed by atoms with Gasteiger partial charge in [0.05, 0.1) is 16.7 Å². The van der Waals surface area contributed by atoms with Gasteiger partial charge < -0.3 is 9.09 Å². The van der Waals surface area contributed by atoms with Crippen molar-refractivity contribution in [3.05, 3.63) is 41.3 Å². The van der Waals surface area contributed by atoms with Crippen LogP contribution in [-0.2, 0) is 6.54 Å². The van der Waals surface area contributed by atoms with E-state index in [-0.39, 0.29) is 5.91 Å². The summed E-state index contributed by atoms with van der Waals surface area (Å²) in [6.45, 7) is 6.20. The highest BCUT2D eigenvalue weighted by molar-refractivity contribution is 6.05. The Labute approximate surface area is 121 Å². The fourth-order valence-electron chi connectivity index (χ4n) is 2.46. The van der Waals surface area contributed by atoms with E-state index >= 15 is 0 Å². The second-order valence-electron chi connectivity index (χ2n) is 4.82. The molecule has 6 nitrogen and oxygen atoms in total. The van der Waals surface area contributed by atoms with Crippen LogP contribution < -0.4 is 5.32 Å². The molecule has 0 aliphatic carbocycles. The average molecular weight is 284 g/mol. The fraction of sp³-hybridized carbons (Fsp3) is 0.267. The van der Waals surface area contributed by atoms with Crippen LogP contribution in [0.3, 0.4) is 0 Å². The Morgan fingerprint density at radius 2 is 2.10 bits per heavy atom. The first-order valence-electron chi connectivity index (χ1n) is 6.81. The minimum atomic E-state index is -0.253. The topological polar surface area (TPSA) is 73.0 Å². The molecule has 1 aromatic carbocycles. The Balaban J connectivity index is 2.00. The fourth-order valence-corrected chi connectivity index (χ4v) is 2.46. The number of hydrogen-bond acceptors (Lipinski definition) is 4. The minimum Gasteiger partial charge on any atom is -0.361 e. The van der Waals surface area contributed by atoms with Gasteiger partial charge in [-0.15, -0.1) is 0 Å². The standard InChI is InChI=1S/C15H16N4O2/c1-4-19-12-8-6-5-7-11(12)16-15(19)17-14(20)13-9(2)18-21-10(13)3/h5-8H,4H2,1-3H3,(H,16,17,20).